The van der Waals surface area contributed by atoms with Crippen LogP contribution in [0.5, 0.6) is 11.5 Å². The van der Waals surface area contributed by atoms with Crippen molar-refractivity contribution in [2.24, 2.45) is 0 Å². The molecule has 4 aromatic rings. The number of benzene rings is 1. The molecule has 4 rings (SSSR count). The van der Waals surface area contributed by atoms with E-state index in [2.05, 4.69) is 44.4 Å². The van der Waals surface area contributed by atoms with Crippen molar-refractivity contribution >= 4 is 48.1 Å². The fourth-order valence-electron chi connectivity index (χ4n) is 3.42. The molecule has 0 saturated heterocycles. The highest BCUT2D eigenvalue weighted by molar-refractivity contribution is 6.76. The smallest absolute Gasteiger partial charge is 0.439 e. The summed E-state index contributed by atoms with van der Waals surface area (Å²) in [5.41, 5.74) is 1.99. The molecule has 0 fully saturated rings. The molecule has 10 nitrogen and oxygen atoms in total. The summed E-state index contributed by atoms with van der Waals surface area (Å²) >= 11 is 12.8. The summed E-state index contributed by atoms with van der Waals surface area (Å²) in [6, 6.07) is 6.01. The minimum absolute atomic E-state index is 0.0892. The van der Waals surface area contributed by atoms with Crippen molar-refractivity contribution < 1.29 is 18.8 Å². The van der Waals surface area contributed by atoms with Gasteiger partial charge in [0.15, 0.2) is 11.4 Å². The van der Waals surface area contributed by atoms with E-state index in [4.69, 9.17) is 32.7 Å². The Labute approximate surface area is 217 Å². The summed E-state index contributed by atoms with van der Waals surface area (Å²) in [6.07, 6.45) is 1.47. The lowest BCUT2D eigenvalue weighted by atomic mass is 10.1. The highest BCUT2D eigenvalue weighted by Gasteiger charge is 2.18. The van der Waals surface area contributed by atoms with Gasteiger partial charge in [-0.3, -0.25) is 14.3 Å². The number of nitrogens with one attached hydrogen (secondary N) is 1. The molecule has 0 unspecified atom stereocenters. The van der Waals surface area contributed by atoms with Crippen molar-refractivity contribution in [3.8, 4) is 11.5 Å². The highest BCUT2D eigenvalue weighted by atomic mass is 35.5. The first-order chi connectivity index (χ1) is 17.0. The zero-order valence-corrected chi connectivity index (χ0v) is 22.7. The summed E-state index contributed by atoms with van der Waals surface area (Å²) in [6.45, 7) is 9.82. The molecule has 0 aliphatic carbocycles. The molecule has 36 heavy (non-hydrogen) atoms. The first-order valence-electron chi connectivity index (χ1n) is 11.2. The molecule has 0 bridgehead atoms. The second-order valence-electron chi connectivity index (χ2n) is 9.51. The first-order valence-corrected chi connectivity index (χ1v) is 15.6. The number of aromatic amines is 1. The maximum atomic E-state index is 12.3. The largest absolute Gasteiger partial charge is 0.453 e. The number of Topliss-reactive ketones (excluding diaryl/α,β-unsaturated/α-hetero) is 1. The van der Waals surface area contributed by atoms with Gasteiger partial charge in [-0.2, -0.15) is 5.10 Å². The standard InChI is InChI=1S/C23H25Cl2N5O5Si/c1-13-16-10-15(11-26-22(16)30(28-13)12-33-5-6-36(2,3)4)34-20-17(24)7-14(8-18(20)25)9-19(31)21-27-23(32)35-29-21/h7-8,10-11H,5-6,9,12H2,1-4H3,(H,27,29,32). The van der Waals surface area contributed by atoms with E-state index >= 15 is 0 Å². The molecule has 0 amide bonds. The lowest BCUT2D eigenvalue weighted by Crippen LogP contribution is -2.22. The number of carbonyl (C=O) groups is 1. The van der Waals surface area contributed by atoms with Crippen molar-refractivity contribution in [3.63, 3.8) is 0 Å². The van der Waals surface area contributed by atoms with E-state index in [1.165, 1.54) is 0 Å². The third-order valence-corrected chi connectivity index (χ3v) is 7.57. The monoisotopic (exact) mass is 549 g/mol. The summed E-state index contributed by atoms with van der Waals surface area (Å²) in [5.74, 6) is -0.778. The van der Waals surface area contributed by atoms with Gasteiger partial charge in [-0.05, 0) is 36.7 Å². The predicted octanol–water partition coefficient (Wildman–Crippen LogP) is 5.25. The lowest BCUT2D eigenvalue weighted by molar-refractivity contribution is 0.0810. The SMILES string of the molecule is Cc1nn(COCC[Si](C)(C)C)c2ncc(Oc3c(Cl)cc(CC(=O)c4noc(=O)[nH]4)cc3Cl)cc12. The molecule has 0 aliphatic heterocycles. The number of carbonyl (C=O) groups excluding carboxylic acids is 1. The molecule has 3 aromatic heterocycles. The molecule has 0 atom stereocenters. The third-order valence-electron chi connectivity index (χ3n) is 5.30. The number of aromatic nitrogens is 5. The van der Waals surface area contributed by atoms with Gasteiger partial charge >= 0.3 is 5.76 Å². The lowest BCUT2D eigenvalue weighted by Gasteiger charge is -2.15. The van der Waals surface area contributed by atoms with E-state index in [0.717, 1.165) is 17.1 Å². The molecule has 3 heterocycles. The van der Waals surface area contributed by atoms with Crippen LogP contribution in [0, 0.1) is 6.92 Å². The van der Waals surface area contributed by atoms with Crippen LogP contribution in [0.3, 0.4) is 0 Å². The number of ether oxygens (including phenoxy) is 2. The number of hydrogen-bond donors (Lipinski definition) is 1. The topological polar surface area (TPSA) is 125 Å². The summed E-state index contributed by atoms with van der Waals surface area (Å²) < 4.78 is 17.9. The van der Waals surface area contributed by atoms with E-state index in [9.17, 15) is 9.59 Å². The second kappa shape index (κ2) is 10.6. The molecule has 1 aromatic carbocycles. The highest BCUT2D eigenvalue weighted by Crippen LogP contribution is 2.38. The Morgan fingerprint density at radius 3 is 2.56 bits per heavy atom. The van der Waals surface area contributed by atoms with Gasteiger partial charge in [0.1, 0.15) is 12.5 Å². The Bertz CT molecular complexity index is 1450. The zero-order chi connectivity index (χ0) is 26.0. The number of pyridine rings is 1. The van der Waals surface area contributed by atoms with Gasteiger partial charge in [-0.25, -0.2) is 14.5 Å². The zero-order valence-electron chi connectivity index (χ0n) is 20.2. The van der Waals surface area contributed by atoms with Gasteiger partial charge in [0.05, 0.1) is 21.9 Å². The number of hydrogen-bond acceptors (Lipinski definition) is 8. The molecule has 0 spiro atoms. The molecule has 0 radical (unpaired) electrons. The summed E-state index contributed by atoms with van der Waals surface area (Å²) in [4.78, 5) is 30.1. The molecule has 13 heteroatoms. The van der Waals surface area contributed by atoms with Gasteiger partial charge in [-0.1, -0.05) is 48.0 Å². The molecule has 0 aliphatic rings. The predicted molar refractivity (Wildman–Crippen MR) is 138 cm³/mol. The van der Waals surface area contributed by atoms with Crippen molar-refractivity contribution in [1.29, 1.82) is 0 Å². The van der Waals surface area contributed by atoms with Gasteiger partial charge in [0, 0.05) is 26.5 Å². The minimum atomic E-state index is -1.17. The average Bonchev–Trinajstić information content (AvgIpc) is 3.36. The second-order valence-corrected chi connectivity index (χ2v) is 15.9. The normalized spacial score (nSPS) is 11.8. The van der Waals surface area contributed by atoms with Crippen LogP contribution in [0.1, 0.15) is 21.9 Å². The van der Waals surface area contributed by atoms with E-state index in [0.29, 0.717) is 30.3 Å². The molecule has 0 saturated carbocycles. The molecule has 190 valence electrons. The quantitative estimate of drug-likeness (QED) is 0.161. The fourth-order valence-corrected chi connectivity index (χ4v) is 4.78. The fraction of sp³-hybridized carbons (Fsp3) is 0.348. The number of halogens is 2. The van der Waals surface area contributed by atoms with Crippen LogP contribution in [0.4, 0.5) is 0 Å². The number of rotatable bonds is 10. The van der Waals surface area contributed by atoms with Crippen LogP contribution in [0.15, 0.2) is 33.7 Å². The van der Waals surface area contributed by atoms with Crippen LogP contribution >= 0.6 is 23.2 Å². The third kappa shape index (κ3) is 6.22. The average molecular weight is 550 g/mol. The Balaban J connectivity index is 1.48. The van der Waals surface area contributed by atoms with Crippen molar-refractivity contribution in [2.75, 3.05) is 6.61 Å². The van der Waals surface area contributed by atoms with Gasteiger partial charge < -0.3 is 9.47 Å². The Kier molecular flexibility index (Phi) is 7.64. The number of fused-ring (bicyclic) bond motifs is 1. The van der Waals surface area contributed by atoms with Gasteiger partial charge in [0.25, 0.3) is 0 Å². The van der Waals surface area contributed by atoms with Gasteiger partial charge in [0.2, 0.25) is 11.6 Å². The minimum Gasteiger partial charge on any atom is -0.453 e. The summed E-state index contributed by atoms with van der Waals surface area (Å²) in [7, 11) is -1.17. The van der Waals surface area contributed by atoms with Crippen LogP contribution in [-0.2, 0) is 17.9 Å². The number of ketones is 1. The van der Waals surface area contributed by atoms with Crippen molar-refractivity contribution in [2.45, 2.75) is 45.8 Å². The van der Waals surface area contributed by atoms with Crippen LogP contribution in [0.25, 0.3) is 11.0 Å². The van der Waals surface area contributed by atoms with Crippen molar-refractivity contribution in [3.05, 3.63) is 62.1 Å². The Morgan fingerprint density at radius 1 is 1.19 bits per heavy atom. The van der Waals surface area contributed by atoms with E-state index in [1.54, 1.807) is 23.0 Å². The van der Waals surface area contributed by atoms with E-state index in [1.807, 2.05) is 13.0 Å². The Morgan fingerprint density at radius 2 is 1.92 bits per heavy atom. The molecular weight excluding hydrogens is 525 g/mol. The maximum absolute atomic E-state index is 12.3. The van der Waals surface area contributed by atoms with Crippen LogP contribution in [0.2, 0.25) is 35.7 Å². The molecular formula is C23H25Cl2N5O5Si. The van der Waals surface area contributed by atoms with Gasteiger partial charge in [-0.15, -0.1) is 0 Å². The van der Waals surface area contributed by atoms with Crippen LogP contribution < -0.4 is 10.5 Å². The first kappa shape index (κ1) is 26.1. The van der Waals surface area contributed by atoms with Crippen LogP contribution in [-0.4, -0.2) is 45.4 Å². The van der Waals surface area contributed by atoms with Crippen molar-refractivity contribution in [1.82, 2.24) is 24.9 Å². The Hall–Kier alpha value is -2.99. The number of aryl methyl sites for hydroxylation is 1. The number of nitrogens with zero attached hydrogens (tertiary/aromatic N) is 4. The summed E-state index contributed by atoms with van der Waals surface area (Å²) in [5, 5.41) is 9.17. The van der Waals surface area contributed by atoms with E-state index < -0.39 is 19.6 Å². The van der Waals surface area contributed by atoms with E-state index in [-0.39, 0.29) is 28.0 Å². The molecule has 1 N–H and O–H groups in total. The maximum Gasteiger partial charge on any atom is 0.439 e. The number of H-pyrrole nitrogens is 1.